The fourth-order valence-electron chi connectivity index (χ4n) is 11.4. The maximum absolute atomic E-state index is 13.1. The zero-order valence-corrected chi connectivity index (χ0v) is 62.2. The summed E-state index contributed by atoms with van der Waals surface area (Å²) in [5.74, 6) is -1.41. The number of carbonyl (C=O) groups excluding carboxylic acids is 4. The van der Waals surface area contributed by atoms with E-state index >= 15 is 0 Å². The Balaban J connectivity index is 5.13. The van der Waals surface area contributed by atoms with Crippen LogP contribution in [0.1, 0.15) is 388 Å². The smallest absolute Gasteiger partial charge is 0.462 e. The molecule has 0 aromatic heterocycles. The van der Waals surface area contributed by atoms with Crippen molar-refractivity contribution in [3.8, 4) is 0 Å². The van der Waals surface area contributed by atoms with Gasteiger partial charge in [-0.15, -0.1) is 0 Å². The summed E-state index contributed by atoms with van der Waals surface area (Å²) in [6.45, 7) is 7.14. The minimum Gasteiger partial charge on any atom is -0.462 e. The maximum atomic E-state index is 13.1. The average Bonchev–Trinajstić information content (AvgIpc) is 2.31. The van der Waals surface area contributed by atoms with Crippen LogP contribution in [0.2, 0.25) is 0 Å². The van der Waals surface area contributed by atoms with Gasteiger partial charge in [-0.3, -0.25) is 37.3 Å². The van der Waals surface area contributed by atoms with Crippen molar-refractivity contribution < 1.29 is 80.2 Å². The summed E-state index contributed by atoms with van der Waals surface area (Å²) in [6.07, 6.45) is 56.1. The van der Waals surface area contributed by atoms with Crippen LogP contribution in [0.4, 0.5) is 0 Å². The minimum atomic E-state index is -4.95. The first kappa shape index (κ1) is 91.1. The molecule has 0 rings (SSSR count). The van der Waals surface area contributed by atoms with Crippen molar-refractivity contribution in [1.29, 1.82) is 0 Å². The number of carbonyl (C=O) groups is 4. The summed E-state index contributed by atoms with van der Waals surface area (Å²) >= 11 is 0. The molecule has 0 aromatic carbocycles. The molecule has 5 atom stereocenters. The highest BCUT2D eigenvalue weighted by Crippen LogP contribution is 2.45. The lowest BCUT2D eigenvalue weighted by Gasteiger charge is -2.21. The van der Waals surface area contributed by atoms with Crippen LogP contribution in [0.15, 0.2) is 0 Å². The maximum Gasteiger partial charge on any atom is 0.472 e. The first-order chi connectivity index (χ1) is 45.0. The van der Waals surface area contributed by atoms with E-state index in [4.69, 9.17) is 37.0 Å². The van der Waals surface area contributed by atoms with Gasteiger partial charge in [0.15, 0.2) is 12.2 Å². The molecule has 0 bridgehead atoms. The molecule has 0 aromatic rings. The molecule has 0 aliphatic carbocycles. The van der Waals surface area contributed by atoms with Crippen LogP contribution < -0.4 is 0 Å². The zero-order valence-electron chi connectivity index (χ0n) is 60.4. The molecule has 0 aliphatic heterocycles. The molecule has 0 heterocycles. The van der Waals surface area contributed by atoms with Crippen LogP contribution in [-0.2, 0) is 65.4 Å². The number of unbranched alkanes of at least 4 members (excludes halogenated alkanes) is 46. The number of phosphoric ester groups is 2. The van der Waals surface area contributed by atoms with Crippen molar-refractivity contribution in [2.24, 2.45) is 5.92 Å². The topological polar surface area (TPSA) is 237 Å². The number of aliphatic hydroxyl groups is 1. The predicted octanol–water partition coefficient (Wildman–Crippen LogP) is 21.7. The Labute approximate surface area is 568 Å². The molecule has 19 heteroatoms. The lowest BCUT2D eigenvalue weighted by Crippen LogP contribution is -2.30. The van der Waals surface area contributed by atoms with E-state index in [2.05, 4.69) is 34.6 Å². The van der Waals surface area contributed by atoms with E-state index in [0.717, 1.165) is 102 Å². The Kier molecular flexibility index (Phi) is 65.9. The Morgan fingerprint density at radius 3 is 0.731 bits per heavy atom. The molecule has 17 nitrogen and oxygen atoms in total. The van der Waals surface area contributed by atoms with E-state index in [1.165, 1.54) is 205 Å². The van der Waals surface area contributed by atoms with Crippen LogP contribution in [0.25, 0.3) is 0 Å². The third-order valence-electron chi connectivity index (χ3n) is 17.3. The van der Waals surface area contributed by atoms with Crippen LogP contribution in [0, 0.1) is 5.92 Å². The molecule has 552 valence electrons. The Hall–Kier alpha value is -1.94. The van der Waals surface area contributed by atoms with Gasteiger partial charge in [-0.25, -0.2) is 9.13 Å². The number of phosphoric acid groups is 2. The SMILES string of the molecule is CCCCCCCCCCCCCCCCCCCCCC(=O)O[C@H](COC(=O)CCCCCCCCCCCCCCCCCCCC)COP(=O)(O)OC[C@@H](O)COP(=O)(O)OC[C@@H](COC(=O)CCCCCCC)OC(=O)CCCCCCCCCCC(C)C. The normalized spacial score (nSPS) is 14.0. The van der Waals surface area contributed by atoms with Gasteiger partial charge < -0.3 is 33.8 Å². The summed E-state index contributed by atoms with van der Waals surface area (Å²) in [4.78, 5) is 72.4. The zero-order chi connectivity index (χ0) is 68.4. The van der Waals surface area contributed by atoms with E-state index in [9.17, 15) is 43.2 Å². The van der Waals surface area contributed by atoms with Gasteiger partial charge in [0, 0.05) is 25.7 Å². The van der Waals surface area contributed by atoms with Gasteiger partial charge in [0.2, 0.25) is 0 Å². The molecule has 93 heavy (non-hydrogen) atoms. The third kappa shape index (κ3) is 68.4. The van der Waals surface area contributed by atoms with E-state index in [-0.39, 0.29) is 25.7 Å². The van der Waals surface area contributed by atoms with Crippen molar-refractivity contribution >= 4 is 39.5 Å². The van der Waals surface area contributed by atoms with Crippen LogP contribution in [0.5, 0.6) is 0 Å². The Morgan fingerprint density at radius 2 is 0.495 bits per heavy atom. The van der Waals surface area contributed by atoms with Gasteiger partial charge in [0.1, 0.15) is 19.3 Å². The van der Waals surface area contributed by atoms with Crippen LogP contribution >= 0.6 is 15.6 Å². The summed E-state index contributed by atoms with van der Waals surface area (Å²) in [6, 6.07) is 0. The molecule has 0 spiro atoms. The number of hydrogen-bond acceptors (Lipinski definition) is 15. The van der Waals surface area contributed by atoms with Crippen molar-refractivity contribution in [1.82, 2.24) is 0 Å². The highest BCUT2D eigenvalue weighted by Gasteiger charge is 2.30. The van der Waals surface area contributed by atoms with Crippen molar-refractivity contribution in [3.63, 3.8) is 0 Å². The van der Waals surface area contributed by atoms with Crippen LogP contribution in [0.3, 0.4) is 0 Å². The minimum absolute atomic E-state index is 0.104. The van der Waals surface area contributed by atoms with Gasteiger partial charge in [-0.05, 0) is 31.6 Å². The number of hydrogen-bond donors (Lipinski definition) is 3. The molecule has 0 saturated heterocycles. The summed E-state index contributed by atoms with van der Waals surface area (Å²) in [7, 11) is -9.90. The molecule has 0 fully saturated rings. The highest BCUT2D eigenvalue weighted by atomic mass is 31.2. The quantitative estimate of drug-likeness (QED) is 0.0222. The second kappa shape index (κ2) is 67.3. The molecule has 0 aliphatic rings. The first-order valence-corrected chi connectivity index (χ1v) is 41.6. The fraction of sp³-hybridized carbons (Fsp3) is 0.946. The highest BCUT2D eigenvalue weighted by molar-refractivity contribution is 7.47. The molecule has 2 unspecified atom stereocenters. The number of esters is 4. The van der Waals surface area contributed by atoms with Crippen molar-refractivity contribution in [2.45, 2.75) is 406 Å². The molecular formula is C74H144O17P2. The van der Waals surface area contributed by atoms with Gasteiger partial charge in [0.05, 0.1) is 26.4 Å². The molecule has 0 radical (unpaired) electrons. The van der Waals surface area contributed by atoms with Crippen molar-refractivity contribution in [2.75, 3.05) is 39.6 Å². The van der Waals surface area contributed by atoms with Crippen LogP contribution in [-0.4, -0.2) is 96.7 Å². The van der Waals surface area contributed by atoms with Crippen molar-refractivity contribution in [3.05, 3.63) is 0 Å². The molecule has 0 amide bonds. The van der Waals surface area contributed by atoms with E-state index in [1.807, 2.05) is 0 Å². The second-order valence-electron chi connectivity index (χ2n) is 27.2. The largest absolute Gasteiger partial charge is 0.472 e. The predicted molar refractivity (Wildman–Crippen MR) is 377 cm³/mol. The Bertz CT molecular complexity index is 1790. The summed E-state index contributed by atoms with van der Waals surface area (Å²) in [5, 5.41) is 10.6. The van der Waals surface area contributed by atoms with E-state index in [0.29, 0.717) is 25.7 Å². The first-order valence-electron chi connectivity index (χ1n) is 38.6. The third-order valence-corrected chi connectivity index (χ3v) is 19.2. The Morgan fingerprint density at radius 1 is 0.290 bits per heavy atom. The second-order valence-corrected chi connectivity index (χ2v) is 30.1. The van der Waals surface area contributed by atoms with E-state index < -0.39 is 97.5 Å². The van der Waals surface area contributed by atoms with Gasteiger partial charge in [-0.2, -0.15) is 0 Å². The summed E-state index contributed by atoms with van der Waals surface area (Å²) in [5.41, 5.74) is 0. The summed E-state index contributed by atoms with van der Waals surface area (Å²) < 4.78 is 68.2. The molecular weight excluding hydrogens is 1220 g/mol. The fourth-order valence-corrected chi connectivity index (χ4v) is 12.9. The van der Waals surface area contributed by atoms with Gasteiger partial charge in [0.25, 0.3) is 0 Å². The molecule has 0 saturated carbocycles. The van der Waals surface area contributed by atoms with Gasteiger partial charge in [-0.1, -0.05) is 336 Å². The number of rotatable bonds is 74. The lowest BCUT2D eigenvalue weighted by molar-refractivity contribution is -0.161. The average molecular weight is 1370 g/mol. The van der Waals surface area contributed by atoms with Gasteiger partial charge >= 0.3 is 39.5 Å². The lowest BCUT2D eigenvalue weighted by atomic mass is 10.0. The monoisotopic (exact) mass is 1370 g/mol. The standard InChI is InChI=1S/C74H144O17P2/c1-6-9-12-15-17-19-21-23-25-27-29-31-33-35-37-39-44-49-54-59-73(78)91-70(64-85-72(77)58-53-48-43-38-36-34-32-30-28-26-24-22-20-18-16-13-10-7-2)66-89-93(82,83)87-62-68(75)61-86-92(80,81)88-65-69(63-84-71(76)57-52-46-14-11-8-3)90-74(79)60-55-50-45-41-40-42-47-51-56-67(4)5/h67-70,75H,6-66H2,1-5H3,(H,80,81)(H,82,83)/t68-,69+,70+/m0/s1. The van der Waals surface area contributed by atoms with E-state index in [1.54, 1.807) is 0 Å². The molecule has 3 N–H and O–H groups in total. The number of ether oxygens (including phenoxy) is 4. The number of aliphatic hydroxyl groups excluding tert-OH is 1.